The molecule has 0 bridgehead atoms. The molecule has 4 rings (SSSR count). The molecule has 0 atom stereocenters. The minimum atomic E-state index is -0.529. The summed E-state index contributed by atoms with van der Waals surface area (Å²) in [5.41, 5.74) is 2.38. The molecule has 0 fully saturated rings. The Kier molecular flexibility index (Phi) is 4.32. The second kappa shape index (κ2) is 6.82. The summed E-state index contributed by atoms with van der Waals surface area (Å²) in [5, 5.41) is 27.0. The largest absolute Gasteiger partial charge is 0.322 e. The van der Waals surface area contributed by atoms with Crippen molar-refractivity contribution in [1.29, 1.82) is 0 Å². The maximum atomic E-state index is 12.6. The summed E-state index contributed by atoms with van der Waals surface area (Å²) in [6.45, 7) is 3.69. The van der Waals surface area contributed by atoms with E-state index in [2.05, 4.69) is 20.6 Å². The van der Waals surface area contributed by atoms with Crippen LogP contribution in [-0.4, -0.2) is 30.6 Å². The molecule has 0 aliphatic heterocycles. The van der Waals surface area contributed by atoms with Gasteiger partial charge in [0.15, 0.2) is 5.82 Å². The summed E-state index contributed by atoms with van der Waals surface area (Å²) in [7, 11) is 0. The number of non-ortho nitro benzene ring substituents is 1. The molecule has 10 heteroatoms. The van der Waals surface area contributed by atoms with Gasteiger partial charge in [0.2, 0.25) is 4.96 Å². The quantitative estimate of drug-likeness (QED) is 0.417. The number of carbonyl (C=O) groups is 1. The van der Waals surface area contributed by atoms with Crippen molar-refractivity contribution in [2.24, 2.45) is 0 Å². The van der Waals surface area contributed by atoms with Crippen LogP contribution in [0.2, 0.25) is 0 Å². The molecule has 0 spiro atoms. The lowest BCUT2D eigenvalue weighted by Crippen LogP contribution is -2.13. The van der Waals surface area contributed by atoms with Crippen LogP contribution in [0.1, 0.15) is 21.7 Å². The second-order valence-electron chi connectivity index (χ2n) is 6.14. The number of nitrogens with one attached hydrogen (secondary N) is 1. The van der Waals surface area contributed by atoms with E-state index in [1.807, 2.05) is 32.0 Å². The van der Waals surface area contributed by atoms with Gasteiger partial charge in [-0.1, -0.05) is 29.5 Å². The average molecular weight is 394 g/mol. The lowest BCUT2D eigenvalue weighted by atomic mass is 10.1. The number of fused-ring (bicyclic) bond motifs is 1. The van der Waals surface area contributed by atoms with E-state index >= 15 is 0 Å². The topological polar surface area (TPSA) is 115 Å². The number of hydrogen-bond donors (Lipinski definition) is 1. The van der Waals surface area contributed by atoms with Crippen LogP contribution in [-0.2, 0) is 0 Å². The first-order valence-corrected chi connectivity index (χ1v) is 9.10. The number of rotatable bonds is 4. The van der Waals surface area contributed by atoms with E-state index in [0.29, 0.717) is 16.5 Å². The van der Waals surface area contributed by atoms with Gasteiger partial charge in [0.25, 0.3) is 11.6 Å². The first-order chi connectivity index (χ1) is 13.4. The number of anilines is 1. The van der Waals surface area contributed by atoms with Crippen LogP contribution in [0.3, 0.4) is 0 Å². The van der Waals surface area contributed by atoms with Crippen molar-refractivity contribution in [3.05, 3.63) is 69.5 Å². The SMILES string of the molecule is Cc1ccc(-c2nn3c(C)nnc3s2)cc1NC(=O)c1cccc([N+](=O)[O-])c1. The third-order valence-electron chi connectivity index (χ3n) is 4.20. The summed E-state index contributed by atoms with van der Waals surface area (Å²) in [4.78, 5) is 23.6. The number of carbonyl (C=O) groups excluding carboxylic acids is 1. The van der Waals surface area contributed by atoms with E-state index in [9.17, 15) is 14.9 Å². The zero-order valence-corrected chi connectivity index (χ0v) is 15.7. The summed E-state index contributed by atoms with van der Waals surface area (Å²) in [5.74, 6) is 0.279. The van der Waals surface area contributed by atoms with Gasteiger partial charge >= 0.3 is 0 Å². The Bertz CT molecular complexity index is 1230. The third kappa shape index (κ3) is 3.21. The van der Waals surface area contributed by atoms with E-state index in [1.165, 1.54) is 35.6 Å². The van der Waals surface area contributed by atoms with Crippen molar-refractivity contribution in [1.82, 2.24) is 19.8 Å². The number of nitrogens with zero attached hydrogens (tertiary/aromatic N) is 5. The molecule has 28 heavy (non-hydrogen) atoms. The third-order valence-corrected chi connectivity index (χ3v) is 5.15. The molecular weight excluding hydrogens is 380 g/mol. The number of aryl methyl sites for hydroxylation is 2. The van der Waals surface area contributed by atoms with E-state index in [-0.39, 0.29) is 11.3 Å². The van der Waals surface area contributed by atoms with Gasteiger partial charge in [0.05, 0.1) is 4.92 Å². The van der Waals surface area contributed by atoms with E-state index in [0.717, 1.165) is 16.1 Å². The highest BCUT2D eigenvalue weighted by atomic mass is 32.1. The van der Waals surface area contributed by atoms with Crippen LogP contribution in [0.25, 0.3) is 15.5 Å². The summed E-state index contributed by atoms with van der Waals surface area (Å²) < 4.78 is 1.67. The minimum absolute atomic E-state index is 0.131. The van der Waals surface area contributed by atoms with Gasteiger partial charge in [-0.3, -0.25) is 14.9 Å². The van der Waals surface area contributed by atoms with Gasteiger partial charge in [-0.2, -0.15) is 9.61 Å². The van der Waals surface area contributed by atoms with Crippen LogP contribution >= 0.6 is 11.3 Å². The van der Waals surface area contributed by atoms with Crippen LogP contribution in [0.5, 0.6) is 0 Å². The Morgan fingerprint density at radius 3 is 2.75 bits per heavy atom. The van der Waals surface area contributed by atoms with E-state index in [4.69, 9.17) is 0 Å². The Labute approximate surface area is 162 Å². The van der Waals surface area contributed by atoms with Gasteiger partial charge in [-0.05, 0) is 31.5 Å². The van der Waals surface area contributed by atoms with Gasteiger partial charge in [-0.25, -0.2) is 0 Å². The van der Waals surface area contributed by atoms with Crippen molar-refractivity contribution in [3.63, 3.8) is 0 Å². The Hall–Kier alpha value is -3.66. The van der Waals surface area contributed by atoms with Gasteiger partial charge in [-0.15, -0.1) is 10.2 Å². The molecule has 0 saturated carbocycles. The lowest BCUT2D eigenvalue weighted by molar-refractivity contribution is -0.384. The zero-order chi connectivity index (χ0) is 19.8. The monoisotopic (exact) mass is 394 g/mol. The standard InChI is InChI=1S/C18H14N6O3S/c1-10-6-7-13(17-22-23-11(2)20-21-18(23)28-17)9-15(10)19-16(25)12-4-3-5-14(8-12)24(26)27/h3-9H,1-2H3,(H,19,25). The molecule has 4 aromatic rings. The highest BCUT2D eigenvalue weighted by Crippen LogP contribution is 2.29. The van der Waals surface area contributed by atoms with Crippen LogP contribution in [0.4, 0.5) is 11.4 Å². The number of amides is 1. The van der Waals surface area contributed by atoms with Crippen LogP contribution < -0.4 is 5.32 Å². The second-order valence-corrected chi connectivity index (χ2v) is 7.10. The number of aromatic nitrogens is 4. The number of nitro benzene ring substituents is 1. The average Bonchev–Trinajstić information content (AvgIpc) is 3.26. The first-order valence-electron chi connectivity index (χ1n) is 8.28. The van der Waals surface area contributed by atoms with Crippen molar-refractivity contribution in [3.8, 4) is 10.6 Å². The molecule has 9 nitrogen and oxygen atoms in total. The Balaban J connectivity index is 1.64. The fraction of sp³-hybridized carbons (Fsp3) is 0.111. The van der Waals surface area contributed by atoms with E-state index in [1.54, 1.807) is 4.52 Å². The van der Waals surface area contributed by atoms with E-state index < -0.39 is 10.8 Å². The molecule has 0 aliphatic rings. The summed E-state index contributed by atoms with van der Waals surface area (Å²) in [6.07, 6.45) is 0. The number of benzene rings is 2. The lowest BCUT2D eigenvalue weighted by Gasteiger charge is -2.10. The molecule has 0 aliphatic carbocycles. The Morgan fingerprint density at radius 1 is 1.18 bits per heavy atom. The molecule has 2 aromatic carbocycles. The molecule has 0 radical (unpaired) electrons. The van der Waals surface area contributed by atoms with Gasteiger partial charge in [0.1, 0.15) is 5.01 Å². The zero-order valence-electron chi connectivity index (χ0n) is 14.9. The molecule has 0 saturated heterocycles. The summed E-state index contributed by atoms with van der Waals surface area (Å²) in [6, 6.07) is 11.2. The highest BCUT2D eigenvalue weighted by Gasteiger charge is 2.15. The Morgan fingerprint density at radius 2 is 2.00 bits per heavy atom. The predicted octanol–water partition coefficient (Wildman–Crippen LogP) is 3.63. The van der Waals surface area contributed by atoms with Gasteiger partial charge in [0, 0.05) is 28.9 Å². The minimum Gasteiger partial charge on any atom is -0.322 e. The fourth-order valence-electron chi connectivity index (χ4n) is 2.68. The molecule has 0 unspecified atom stereocenters. The van der Waals surface area contributed by atoms with Crippen molar-refractivity contribution in [2.45, 2.75) is 13.8 Å². The maximum absolute atomic E-state index is 12.6. The predicted molar refractivity (Wildman–Crippen MR) is 105 cm³/mol. The maximum Gasteiger partial charge on any atom is 0.270 e. The van der Waals surface area contributed by atoms with Crippen LogP contribution in [0.15, 0.2) is 42.5 Å². The molecule has 140 valence electrons. The normalized spacial score (nSPS) is 10.9. The molecule has 2 heterocycles. The van der Waals surface area contributed by atoms with Crippen molar-refractivity contribution in [2.75, 3.05) is 5.32 Å². The first kappa shape index (κ1) is 17.7. The van der Waals surface area contributed by atoms with Crippen molar-refractivity contribution >= 4 is 33.6 Å². The molecule has 2 aromatic heterocycles. The van der Waals surface area contributed by atoms with Crippen molar-refractivity contribution < 1.29 is 9.72 Å². The highest BCUT2D eigenvalue weighted by molar-refractivity contribution is 7.19. The number of nitro groups is 1. The van der Waals surface area contributed by atoms with Gasteiger partial charge < -0.3 is 5.32 Å². The number of hydrogen-bond acceptors (Lipinski definition) is 7. The van der Waals surface area contributed by atoms with Crippen LogP contribution in [0, 0.1) is 24.0 Å². The smallest absolute Gasteiger partial charge is 0.270 e. The molecule has 1 amide bonds. The molecular formula is C18H14N6O3S. The summed E-state index contributed by atoms with van der Waals surface area (Å²) >= 11 is 1.40. The molecule has 1 N–H and O–H groups in total. The fourth-order valence-corrected chi connectivity index (χ4v) is 3.56.